The first kappa shape index (κ1) is 15.7. The Kier molecular flexibility index (Phi) is 6.59. The van der Waals surface area contributed by atoms with Crippen LogP contribution in [-0.2, 0) is 11.3 Å². The van der Waals surface area contributed by atoms with Crippen LogP contribution < -0.4 is 0 Å². The number of rotatable bonds is 8. The zero-order chi connectivity index (χ0) is 14.3. The third kappa shape index (κ3) is 4.36. The largest absolute Gasteiger partial charge is 0.396 e. The van der Waals surface area contributed by atoms with E-state index in [4.69, 9.17) is 9.84 Å². The zero-order valence-corrected chi connectivity index (χ0v) is 12.0. The van der Waals surface area contributed by atoms with Crippen molar-refractivity contribution in [2.75, 3.05) is 26.9 Å². The molecule has 0 atom stereocenters. The van der Waals surface area contributed by atoms with Crippen LogP contribution in [0.3, 0.4) is 0 Å². The van der Waals surface area contributed by atoms with Crippen LogP contribution in [0.25, 0.3) is 0 Å². The van der Waals surface area contributed by atoms with Crippen molar-refractivity contribution in [2.45, 2.75) is 32.9 Å². The fraction of sp³-hybridized carbons (Fsp3) is 0.643. The monoisotopic (exact) mass is 268 g/mol. The molecule has 0 aliphatic heterocycles. The summed E-state index contributed by atoms with van der Waals surface area (Å²) in [4.78, 5) is 14.3. The summed E-state index contributed by atoms with van der Waals surface area (Å²) in [6.45, 7) is 5.88. The maximum absolute atomic E-state index is 12.5. The van der Waals surface area contributed by atoms with Gasteiger partial charge in [-0.05, 0) is 32.4 Å². The van der Waals surface area contributed by atoms with E-state index in [0.717, 1.165) is 0 Å². The summed E-state index contributed by atoms with van der Waals surface area (Å²) in [7, 11) is 1.65. The molecule has 0 saturated carbocycles. The number of aliphatic hydroxyl groups is 1. The Labute approximate surface area is 114 Å². The van der Waals surface area contributed by atoms with E-state index in [0.29, 0.717) is 31.8 Å². The second-order valence-electron chi connectivity index (χ2n) is 4.75. The van der Waals surface area contributed by atoms with Crippen LogP contribution in [0.5, 0.6) is 0 Å². The average Bonchev–Trinajstić information content (AvgIpc) is 2.84. The van der Waals surface area contributed by atoms with Crippen molar-refractivity contribution < 1.29 is 14.6 Å². The standard InChI is InChI=1S/C14H24N2O3/c1-12(2)16(8-5-10-17)14(18)13-6-4-7-15(13)9-11-19-3/h4,6-7,12,17H,5,8-11H2,1-3H3. The van der Waals surface area contributed by atoms with Crippen LogP contribution in [0.1, 0.15) is 30.8 Å². The molecule has 0 spiro atoms. The van der Waals surface area contributed by atoms with Gasteiger partial charge in [-0.2, -0.15) is 0 Å². The first-order valence-corrected chi connectivity index (χ1v) is 6.67. The number of hydrogen-bond donors (Lipinski definition) is 1. The fourth-order valence-electron chi connectivity index (χ4n) is 1.98. The number of hydrogen-bond acceptors (Lipinski definition) is 3. The first-order chi connectivity index (χ1) is 9.11. The normalized spacial score (nSPS) is 11.0. The van der Waals surface area contributed by atoms with Gasteiger partial charge in [0, 0.05) is 39.0 Å². The zero-order valence-electron chi connectivity index (χ0n) is 12.0. The van der Waals surface area contributed by atoms with Crippen LogP contribution >= 0.6 is 0 Å². The highest BCUT2D eigenvalue weighted by Crippen LogP contribution is 2.10. The Bertz CT molecular complexity index is 388. The summed E-state index contributed by atoms with van der Waals surface area (Å²) in [5.74, 6) is 0.00422. The van der Waals surface area contributed by atoms with E-state index < -0.39 is 0 Å². The summed E-state index contributed by atoms with van der Waals surface area (Å²) in [6, 6.07) is 3.81. The molecule has 108 valence electrons. The summed E-state index contributed by atoms with van der Waals surface area (Å²) in [6.07, 6.45) is 2.49. The molecule has 1 aromatic rings. The van der Waals surface area contributed by atoms with E-state index >= 15 is 0 Å². The summed E-state index contributed by atoms with van der Waals surface area (Å²) < 4.78 is 6.95. The van der Waals surface area contributed by atoms with Gasteiger partial charge in [0.05, 0.1) is 6.61 Å². The number of carbonyl (C=O) groups excluding carboxylic acids is 1. The lowest BCUT2D eigenvalue weighted by atomic mass is 10.2. The molecule has 0 aromatic carbocycles. The molecule has 1 rings (SSSR count). The average molecular weight is 268 g/mol. The van der Waals surface area contributed by atoms with E-state index in [2.05, 4.69) is 0 Å². The number of nitrogens with zero attached hydrogens (tertiary/aromatic N) is 2. The topological polar surface area (TPSA) is 54.7 Å². The van der Waals surface area contributed by atoms with Crippen molar-refractivity contribution in [1.82, 2.24) is 9.47 Å². The molecular weight excluding hydrogens is 244 g/mol. The number of aliphatic hydroxyl groups excluding tert-OH is 1. The molecule has 0 aliphatic rings. The number of ether oxygens (including phenoxy) is 1. The van der Waals surface area contributed by atoms with Crippen molar-refractivity contribution in [3.05, 3.63) is 24.0 Å². The first-order valence-electron chi connectivity index (χ1n) is 6.67. The highest BCUT2D eigenvalue weighted by molar-refractivity contribution is 5.93. The van der Waals surface area contributed by atoms with Gasteiger partial charge in [-0.25, -0.2) is 0 Å². The van der Waals surface area contributed by atoms with E-state index in [-0.39, 0.29) is 18.6 Å². The Hall–Kier alpha value is -1.33. The van der Waals surface area contributed by atoms with Gasteiger partial charge >= 0.3 is 0 Å². The van der Waals surface area contributed by atoms with Crippen molar-refractivity contribution >= 4 is 5.91 Å². The lowest BCUT2D eigenvalue weighted by Crippen LogP contribution is -2.39. The van der Waals surface area contributed by atoms with Crippen LogP contribution in [0.2, 0.25) is 0 Å². The second-order valence-corrected chi connectivity index (χ2v) is 4.75. The molecule has 5 nitrogen and oxygen atoms in total. The van der Waals surface area contributed by atoms with Gasteiger partial charge in [-0.1, -0.05) is 0 Å². The molecule has 1 aromatic heterocycles. The lowest BCUT2D eigenvalue weighted by molar-refractivity contribution is 0.0679. The minimum absolute atomic E-state index is 0.00422. The number of amides is 1. The molecular formula is C14H24N2O3. The van der Waals surface area contributed by atoms with Crippen molar-refractivity contribution in [1.29, 1.82) is 0 Å². The Morgan fingerprint density at radius 2 is 2.26 bits per heavy atom. The summed E-state index contributed by atoms with van der Waals surface area (Å²) in [5, 5.41) is 8.92. The fourth-order valence-corrected chi connectivity index (χ4v) is 1.98. The van der Waals surface area contributed by atoms with Crippen LogP contribution in [-0.4, -0.2) is 53.4 Å². The maximum Gasteiger partial charge on any atom is 0.270 e. The SMILES string of the molecule is COCCn1cccc1C(=O)N(CCCO)C(C)C. The van der Waals surface area contributed by atoms with Gasteiger partial charge < -0.3 is 19.3 Å². The Balaban J connectivity index is 2.81. The Morgan fingerprint density at radius 3 is 2.84 bits per heavy atom. The number of aromatic nitrogens is 1. The third-order valence-electron chi connectivity index (χ3n) is 3.03. The van der Waals surface area contributed by atoms with Crippen LogP contribution in [0.4, 0.5) is 0 Å². The highest BCUT2D eigenvalue weighted by atomic mass is 16.5. The van der Waals surface area contributed by atoms with Gasteiger partial charge in [0.2, 0.25) is 0 Å². The van der Waals surface area contributed by atoms with E-state index in [9.17, 15) is 4.79 Å². The highest BCUT2D eigenvalue weighted by Gasteiger charge is 2.20. The molecule has 19 heavy (non-hydrogen) atoms. The summed E-state index contributed by atoms with van der Waals surface area (Å²) >= 11 is 0. The Morgan fingerprint density at radius 1 is 1.53 bits per heavy atom. The molecule has 0 radical (unpaired) electrons. The third-order valence-corrected chi connectivity index (χ3v) is 3.03. The smallest absolute Gasteiger partial charge is 0.270 e. The predicted octanol–water partition coefficient (Wildman–Crippen LogP) is 1.37. The van der Waals surface area contributed by atoms with E-state index in [1.807, 2.05) is 36.7 Å². The molecule has 0 aliphatic carbocycles. The van der Waals surface area contributed by atoms with Gasteiger partial charge in [0.25, 0.3) is 5.91 Å². The molecule has 1 amide bonds. The van der Waals surface area contributed by atoms with Crippen molar-refractivity contribution in [3.8, 4) is 0 Å². The van der Waals surface area contributed by atoms with Gasteiger partial charge in [0.15, 0.2) is 0 Å². The number of carbonyl (C=O) groups is 1. The second kappa shape index (κ2) is 7.96. The maximum atomic E-state index is 12.5. The quantitative estimate of drug-likeness (QED) is 0.774. The lowest BCUT2D eigenvalue weighted by Gasteiger charge is -2.27. The molecule has 5 heteroatoms. The molecule has 0 bridgehead atoms. The van der Waals surface area contributed by atoms with Crippen LogP contribution in [0.15, 0.2) is 18.3 Å². The molecule has 0 fully saturated rings. The van der Waals surface area contributed by atoms with Gasteiger partial charge in [-0.15, -0.1) is 0 Å². The molecule has 1 N–H and O–H groups in total. The van der Waals surface area contributed by atoms with E-state index in [1.165, 1.54) is 0 Å². The van der Waals surface area contributed by atoms with Crippen molar-refractivity contribution in [3.63, 3.8) is 0 Å². The molecule has 0 unspecified atom stereocenters. The molecule has 0 saturated heterocycles. The van der Waals surface area contributed by atoms with Gasteiger partial charge in [-0.3, -0.25) is 4.79 Å². The van der Waals surface area contributed by atoms with Crippen LogP contribution in [0, 0.1) is 0 Å². The van der Waals surface area contributed by atoms with E-state index in [1.54, 1.807) is 12.0 Å². The minimum Gasteiger partial charge on any atom is -0.396 e. The predicted molar refractivity (Wildman–Crippen MR) is 74.2 cm³/mol. The van der Waals surface area contributed by atoms with Gasteiger partial charge in [0.1, 0.15) is 5.69 Å². The number of methoxy groups -OCH3 is 1. The minimum atomic E-state index is 0.00422. The summed E-state index contributed by atoms with van der Waals surface area (Å²) in [5.41, 5.74) is 0.670. The van der Waals surface area contributed by atoms with Crippen molar-refractivity contribution in [2.24, 2.45) is 0 Å². The molecule has 1 heterocycles.